The number of aliphatic hydroxyl groups excluding tert-OH is 1. The quantitative estimate of drug-likeness (QED) is 0.334. The van der Waals surface area contributed by atoms with E-state index in [9.17, 15) is 24.6 Å². The Balaban J connectivity index is 2.37. The van der Waals surface area contributed by atoms with Gasteiger partial charge in [-0.1, -0.05) is 26.0 Å². The number of hydrogen-bond acceptors (Lipinski definition) is 9. The van der Waals surface area contributed by atoms with E-state index in [1.54, 1.807) is 39.8 Å². The molecule has 0 bridgehead atoms. The van der Waals surface area contributed by atoms with Crippen LogP contribution in [0.2, 0.25) is 0 Å². The summed E-state index contributed by atoms with van der Waals surface area (Å²) in [6, 6.07) is 2.77. The molecule has 0 aromatic heterocycles. The second-order valence-corrected chi connectivity index (χ2v) is 10.9. The number of hydrogen-bond donors (Lipinski definition) is 5. The molecule has 3 amide bonds. The number of anilines is 1. The third-order valence-electron chi connectivity index (χ3n) is 7.97. The molecule has 2 aliphatic rings. The smallest absolute Gasteiger partial charge is 0.405 e. The molecule has 0 radical (unpaired) electrons. The van der Waals surface area contributed by atoms with E-state index in [-0.39, 0.29) is 17.9 Å². The highest BCUT2D eigenvalue weighted by Crippen LogP contribution is 2.53. The number of nitrogens with one attached hydrogen (secondary N) is 1. The number of aromatic hydroxyl groups is 1. The van der Waals surface area contributed by atoms with Gasteiger partial charge in [0, 0.05) is 37.3 Å². The van der Waals surface area contributed by atoms with Gasteiger partial charge in [-0.25, -0.2) is 9.59 Å². The average molecular weight is 576 g/mol. The molecule has 1 aliphatic heterocycles. The molecular weight excluding hydrogens is 534 g/mol. The maximum absolute atomic E-state index is 13.3. The van der Waals surface area contributed by atoms with Gasteiger partial charge < -0.3 is 45.9 Å². The van der Waals surface area contributed by atoms with Gasteiger partial charge in [-0.3, -0.25) is 4.79 Å². The van der Waals surface area contributed by atoms with Gasteiger partial charge in [-0.2, -0.15) is 0 Å². The molecule has 0 saturated carbocycles. The SMILES string of the molecule is COC1CCC=C(C)C(=O)Nc2cc(O)cc3c2C(OC)(CC(C)C3O)C(OC(N)=O)C(C)C=C(C)C1OC(N)=O. The van der Waals surface area contributed by atoms with Crippen molar-refractivity contribution in [3.8, 4) is 5.75 Å². The number of nitrogens with two attached hydrogens (primary N) is 2. The van der Waals surface area contributed by atoms with Gasteiger partial charge in [0.25, 0.3) is 5.91 Å². The van der Waals surface area contributed by atoms with E-state index in [4.69, 9.17) is 30.4 Å². The van der Waals surface area contributed by atoms with Crippen molar-refractivity contribution in [2.24, 2.45) is 23.3 Å². The first-order valence-corrected chi connectivity index (χ1v) is 13.5. The van der Waals surface area contributed by atoms with Crippen molar-refractivity contribution >= 4 is 23.8 Å². The summed E-state index contributed by atoms with van der Waals surface area (Å²) < 4.78 is 23.1. The second-order valence-electron chi connectivity index (χ2n) is 10.9. The van der Waals surface area contributed by atoms with Crippen molar-refractivity contribution in [1.29, 1.82) is 0 Å². The molecule has 0 fully saturated rings. The number of phenols is 1. The monoisotopic (exact) mass is 575 g/mol. The normalized spacial score (nSPS) is 30.9. The Labute approximate surface area is 239 Å². The molecule has 1 heterocycles. The highest BCUT2D eigenvalue weighted by Gasteiger charge is 2.53. The molecule has 0 saturated heterocycles. The number of amides is 3. The van der Waals surface area contributed by atoms with Crippen molar-refractivity contribution in [2.45, 2.75) is 77.0 Å². The van der Waals surface area contributed by atoms with Crippen LogP contribution in [0, 0.1) is 11.8 Å². The van der Waals surface area contributed by atoms with Crippen LogP contribution in [0.1, 0.15) is 64.2 Å². The largest absolute Gasteiger partial charge is 0.508 e. The Morgan fingerprint density at radius 3 is 2.34 bits per heavy atom. The maximum Gasteiger partial charge on any atom is 0.405 e. The van der Waals surface area contributed by atoms with Crippen molar-refractivity contribution in [3.05, 3.63) is 46.6 Å². The highest BCUT2D eigenvalue weighted by molar-refractivity contribution is 6.04. The number of phenolic OH excluding ortho intramolecular Hbond substituents is 1. The third-order valence-corrected chi connectivity index (χ3v) is 7.97. The first-order chi connectivity index (χ1) is 19.2. The number of carbonyl (C=O) groups is 3. The zero-order valence-corrected chi connectivity index (χ0v) is 24.3. The van der Waals surface area contributed by atoms with Crippen LogP contribution < -0.4 is 16.8 Å². The molecule has 3 rings (SSSR count). The van der Waals surface area contributed by atoms with Crippen molar-refractivity contribution < 1.29 is 43.5 Å². The lowest BCUT2D eigenvalue weighted by molar-refractivity contribution is -0.149. The molecule has 7 atom stereocenters. The number of primary amides is 2. The average Bonchev–Trinajstić information content (AvgIpc) is 2.89. The van der Waals surface area contributed by atoms with E-state index in [1.807, 2.05) is 0 Å². The summed E-state index contributed by atoms with van der Waals surface area (Å²) in [5, 5.41) is 24.6. The first-order valence-electron chi connectivity index (χ1n) is 13.5. The van der Waals surface area contributed by atoms with Gasteiger partial charge in [0.05, 0.1) is 17.9 Å². The molecule has 12 heteroatoms. The molecule has 12 nitrogen and oxygen atoms in total. The zero-order chi connectivity index (χ0) is 30.6. The summed E-state index contributed by atoms with van der Waals surface area (Å²) in [6.07, 6.45) is -1.22. The summed E-state index contributed by atoms with van der Waals surface area (Å²) >= 11 is 0. The number of ether oxygens (including phenoxy) is 4. The number of benzene rings is 1. The van der Waals surface area contributed by atoms with Crippen LogP contribution in [0.3, 0.4) is 0 Å². The highest BCUT2D eigenvalue weighted by atomic mass is 16.6. The lowest BCUT2D eigenvalue weighted by Gasteiger charge is -2.48. The minimum Gasteiger partial charge on any atom is -0.508 e. The molecule has 1 aliphatic carbocycles. The van der Waals surface area contributed by atoms with E-state index in [2.05, 4.69) is 5.32 Å². The van der Waals surface area contributed by atoms with Gasteiger partial charge >= 0.3 is 12.2 Å². The van der Waals surface area contributed by atoms with Crippen LogP contribution in [-0.2, 0) is 29.3 Å². The molecule has 226 valence electrons. The van der Waals surface area contributed by atoms with Crippen molar-refractivity contribution in [1.82, 2.24) is 0 Å². The predicted octanol–water partition coefficient (Wildman–Crippen LogP) is 3.51. The Morgan fingerprint density at radius 2 is 1.76 bits per heavy atom. The number of rotatable bonds is 4. The number of carbonyl (C=O) groups excluding carboxylic acids is 3. The Morgan fingerprint density at radius 1 is 1.10 bits per heavy atom. The second kappa shape index (κ2) is 12.9. The fourth-order valence-electron chi connectivity index (χ4n) is 6.12. The lowest BCUT2D eigenvalue weighted by atomic mass is 9.67. The summed E-state index contributed by atoms with van der Waals surface area (Å²) in [5.41, 5.74) is 11.3. The topological polar surface area (TPSA) is 193 Å². The Kier molecular flexibility index (Phi) is 10.1. The number of methoxy groups -OCH3 is 2. The molecule has 1 aromatic rings. The van der Waals surface area contributed by atoms with E-state index in [1.165, 1.54) is 26.4 Å². The zero-order valence-electron chi connectivity index (χ0n) is 24.3. The standard InChI is InChI=1S/C29H41N3O9/c1-14-8-7-9-21(38-5)24(40-27(30)36)15(2)10-16(3)25(41-28(31)37)29(39-6)13-17(4)23(34)19-11-18(33)12-20(22(19)29)32-26(14)35/h8,10-12,16-17,21,23-25,33-34H,7,9,13H2,1-6H3,(H2,30,36)(H2,31,37)(H,32,35). The summed E-state index contributed by atoms with van der Waals surface area (Å²) in [5.74, 6) is -1.67. The summed E-state index contributed by atoms with van der Waals surface area (Å²) in [4.78, 5) is 37.5. The van der Waals surface area contributed by atoms with Crippen LogP contribution >= 0.6 is 0 Å². The minimum atomic E-state index is -1.44. The minimum absolute atomic E-state index is 0.164. The lowest BCUT2D eigenvalue weighted by Crippen LogP contribution is -2.52. The van der Waals surface area contributed by atoms with Crippen LogP contribution in [0.4, 0.5) is 15.3 Å². The van der Waals surface area contributed by atoms with Gasteiger partial charge in [-0.15, -0.1) is 0 Å². The van der Waals surface area contributed by atoms with E-state index >= 15 is 0 Å². The number of aliphatic hydroxyl groups is 1. The van der Waals surface area contributed by atoms with Crippen LogP contribution in [-0.4, -0.2) is 60.8 Å². The van der Waals surface area contributed by atoms with E-state index < -0.39 is 59.9 Å². The van der Waals surface area contributed by atoms with Crippen LogP contribution in [0.5, 0.6) is 5.75 Å². The maximum atomic E-state index is 13.3. The molecule has 0 spiro atoms. The van der Waals surface area contributed by atoms with Gasteiger partial charge in [0.2, 0.25) is 0 Å². The predicted molar refractivity (Wildman–Crippen MR) is 150 cm³/mol. The summed E-state index contributed by atoms with van der Waals surface area (Å²) in [7, 11) is 2.92. The van der Waals surface area contributed by atoms with Crippen molar-refractivity contribution in [3.63, 3.8) is 0 Å². The fourth-order valence-corrected chi connectivity index (χ4v) is 6.12. The fraction of sp³-hybridized carbons (Fsp3) is 0.552. The van der Waals surface area contributed by atoms with Crippen LogP contribution in [0.15, 0.2) is 35.4 Å². The molecular formula is C29H41N3O9. The van der Waals surface area contributed by atoms with E-state index in [0.717, 1.165) is 0 Å². The Bertz CT molecular complexity index is 1230. The van der Waals surface area contributed by atoms with Gasteiger partial charge in [-0.05, 0) is 56.2 Å². The van der Waals surface area contributed by atoms with Crippen molar-refractivity contribution in [2.75, 3.05) is 19.5 Å². The van der Waals surface area contributed by atoms with Gasteiger partial charge in [0.15, 0.2) is 6.10 Å². The molecule has 7 unspecified atom stereocenters. The van der Waals surface area contributed by atoms with Gasteiger partial charge in [0.1, 0.15) is 17.5 Å². The van der Waals surface area contributed by atoms with Crippen LogP contribution in [0.25, 0.3) is 0 Å². The first kappa shape index (κ1) is 31.9. The van der Waals surface area contributed by atoms with E-state index in [0.29, 0.717) is 35.1 Å². The Hall–Kier alpha value is -3.61. The molecule has 41 heavy (non-hydrogen) atoms. The third kappa shape index (κ3) is 6.66. The number of allylic oxidation sites excluding steroid dienone is 1. The molecule has 1 aromatic carbocycles. The molecule has 7 N–H and O–H groups in total. The summed E-state index contributed by atoms with van der Waals surface area (Å²) in [6.45, 7) is 6.95.